The standard InChI is InChI=1S/C7H5BFNO2/c1-4-2-3-5(8)6(9)7(4)10(11)12/h2-3H,1H3. The molecular weight excluding hydrogens is 160 g/mol. The highest BCUT2D eigenvalue weighted by atomic mass is 19.1. The van der Waals surface area contributed by atoms with Gasteiger partial charge in [0.05, 0.1) is 4.92 Å². The van der Waals surface area contributed by atoms with Gasteiger partial charge < -0.3 is 0 Å². The van der Waals surface area contributed by atoms with Crippen molar-refractivity contribution in [2.24, 2.45) is 0 Å². The van der Waals surface area contributed by atoms with E-state index in [-0.39, 0.29) is 11.0 Å². The van der Waals surface area contributed by atoms with Crippen LogP contribution in [0.15, 0.2) is 12.1 Å². The molecule has 0 saturated heterocycles. The molecule has 5 heteroatoms. The van der Waals surface area contributed by atoms with Gasteiger partial charge in [-0.05, 0) is 6.92 Å². The average molecular weight is 165 g/mol. The Bertz CT molecular complexity index is 340. The number of aryl methyl sites for hydroxylation is 1. The molecule has 0 amide bonds. The van der Waals surface area contributed by atoms with E-state index in [4.69, 9.17) is 7.85 Å². The molecule has 0 unspecified atom stereocenters. The number of halogens is 1. The second-order valence-electron chi connectivity index (χ2n) is 2.39. The van der Waals surface area contributed by atoms with Crippen molar-refractivity contribution in [1.82, 2.24) is 0 Å². The van der Waals surface area contributed by atoms with Crippen molar-refractivity contribution in [3.63, 3.8) is 0 Å². The van der Waals surface area contributed by atoms with Crippen molar-refractivity contribution < 1.29 is 9.31 Å². The molecule has 0 aliphatic heterocycles. The Hall–Kier alpha value is -1.39. The maximum Gasteiger partial charge on any atom is 0.307 e. The molecule has 0 saturated carbocycles. The monoisotopic (exact) mass is 165 g/mol. The third kappa shape index (κ3) is 1.30. The molecule has 0 aliphatic rings. The van der Waals surface area contributed by atoms with Gasteiger partial charge in [-0.15, -0.1) is 0 Å². The Morgan fingerprint density at radius 2 is 2.17 bits per heavy atom. The summed E-state index contributed by atoms with van der Waals surface area (Å²) in [4.78, 5) is 9.53. The Labute approximate surface area is 69.8 Å². The van der Waals surface area contributed by atoms with Gasteiger partial charge in [0.15, 0.2) is 5.82 Å². The molecule has 60 valence electrons. The van der Waals surface area contributed by atoms with Crippen LogP contribution in [0.3, 0.4) is 0 Å². The third-order valence-electron chi connectivity index (χ3n) is 1.53. The summed E-state index contributed by atoms with van der Waals surface area (Å²) >= 11 is 0. The molecule has 2 radical (unpaired) electrons. The topological polar surface area (TPSA) is 43.1 Å². The van der Waals surface area contributed by atoms with Crippen molar-refractivity contribution in [3.05, 3.63) is 33.6 Å². The Morgan fingerprint density at radius 1 is 1.58 bits per heavy atom. The highest BCUT2D eigenvalue weighted by Gasteiger charge is 2.18. The molecular formula is C7H5BFNO2. The summed E-state index contributed by atoms with van der Waals surface area (Å²) in [6.45, 7) is 1.46. The Kier molecular flexibility index (Phi) is 2.12. The highest BCUT2D eigenvalue weighted by molar-refractivity contribution is 6.32. The molecule has 0 atom stereocenters. The summed E-state index contributed by atoms with van der Waals surface area (Å²) in [5.41, 5.74) is -0.478. The van der Waals surface area contributed by atoms with Gasteiger partial charge in [0.1, 0.15) is 7.85 Å². The van der Waals surface area contributed by atoms with E-state index in [0.717, 1.165) is 0 Å². The van der Waals surface area contributed by atoms with E-state index in [0.29, 0.717) is 0 Å². The molecule has 0 bridgehead atoms. The normalized spacial score (nSPS) is 9.83. The summed E-state index contributed by atoms with van der Waals surface area (Å²) in [7, 11) is 5.15. The fourth-order valence-electron chi connectivity index (χ4n) is 0.901. The Morgan fingerprint density at radius 3 is 2.58 bits per heavy atom. The fraction of sp³-hybridized carbons (Fsp3) is 0.143. The third-order valence-corrected chi connectivity index (χ3v) is 1.53. The summed E-state index contributed by atoms with van der Waals surface area (Å²) < 4.78 is 12.9. The van der Waals surface area contributed by atoms with Crippen LogP contribution in [0.25, 0.3) is 0 Å². The molecule has 12 heavy (non-hydrogen) atoms. The molecule has 0 aliphatic carbocycles. The van der Waals surface area contributed by atoms with E-state index in [2.05, 4.69) is 0 Å². The first-order valence-corrected chi connectivity index (χ1v) is 3.23. The van der Waals surface area contributed by atoms with E-state index in [1.54, 1.807) is 0 Å². The lowest BCUT2D eigenvalue weighted by molar-refractivity contribution is -0.388. The summed E-state index contributed by atoms with van der Waals surface area (Å²) in [6.07, 6.45) is 0. The van der Waals surface area contributed by atoms with E-state index < -0.39 is 16.4 Å². The summed E-state index contributed by atoms with van der Waals surface area (Å²) in [5.74, 6) is -0.958. The molecule has 0 heterocycles. The lowest BCUT2D eigenvalue weighted by atomic mass is 9.93. The van der Waals surface area contributed by atoms with Gasteiger partial charge in [-0.2, -0.15) is 0 Å². The van der Waals surface area contributed by atoms with Crippen LogP contribution in [0.1, 0.15) is 5.56 Å². The molecule has 0 aromatic heterocycles. The van der Waals surface area contributed by atoms with Gasteiger partial charge in [0.2, 0.25) is 0 Å². The zero-order valence-electron chi connectivity index (χ0n) is 6.37. The van der Waals surface area contributed by atoms with E-state index >= 15 is 0 Å². The van der Waals surface area contributed by atoms with Gasteiger partial charge in [0, 0.05) is 5.56 Å². The SMILES string of the molecule is [B]c1ccc(C)c([N+](=O)[O-])c1F. The first kappa shape index (κ1) is 8.71. The van der Waals surface area contributed by atoms with Gasteiger partial charge in [-0.25, -0.2) is 4.39 Å². The van der Waals surface area contributed by atoms with Crippen molar-refractivity contribution in [2.45, 2.75) is 6.92 Å². The van der Waals surface area contributed by atoms with Crippen LogP contribution in [-0.4, -0.2) is 12.8 Å². The second kappa shape index (κ2) is 2.93. The molecule has 1 aromatic rings. The number of nitrogens with zero attached hydrogens (tertiary/aromatic N) is 1. The number of nitro groups is 1. The van der Waals surface area contributed by atoms with Crippen molar-refractivity contribution in [3.8, 4) is 0 Å². The van der Waals surface area contributed by atoms with Crippen LogP contribution in [0.4, 0.5) is 10.1 Å². The molecule has 1 rings (SSSR count). The largest absolute Gasteiger partial charge is 0.307 e. The molecule has 0 fully saturated rings. The van der Waals surface area contributed by atoms with Crippen LogP contribution in [0.2, 0.25) is 0 Å². The predicted octanol–water partition coefficient (Wildman–Crippen LogP) is 0.836. The van der Waals surface area contributed by atoms with Crippen LogP contribution >= 0.6 is 0 Å². The Balaban J connectivity index is 3.43. The second-order valence-corrected chi connectivity index (χ2v) is 2.39. The maximum absolute atomic E-state index is 12.9. The van der Waals surface area contributed by atoms with Crippen molar-refractivity contribution >= 4 is 19.0 Å². The van der Waals surface area contributed by atoms with Crippen molar-refractivity contribution in [1.29, 1.82) is 0 Å². The molecule has 0 spiro atoms. The van der Waals surface area contributed by atoms with Crippen LogP contribution in [0.5, 0.6) is 0 Å². The van der Waals surface area contributed by atoms with Crippen LogP contribution in [-0.2, 0) is 0 Å². The fourth-order valence-corrected chi connectivity index (χ4v) is 0.901. The van der Waals surface area contributed by atoms with Gasteiger partial charge >= 0.3 is 5.69 Å². The highest BCUT2D eigenvalue weighted by Crippen LogP contribution is 2.18. The van der Waals surface area contributed by atoms with Gasteiger partial charge in [-0.1, -0.05) is 17.6 Å². The van der Waals surface area contributed by atoms with Crippen LogP contribution < -0.4 is 5.46 Å². The first-order valence-electron chi connectivity index (χ1n) is 3.23. The van der Waals surface area contributed by atoms with Gasteiger partial charge in [0.25, 0.3) is 0 Å². The number of hydrogen-bond acceptors (Lipinski definition) is 2. The van der Waals surface area contributed by atoms with E-state index in [1.807, 2.05) is 0 Å². The minimum absolute atomic E-state index is 0.202. The summed E-state index contributed by atoms with van der Waals surface area (Å²) in [6, 6.07) is 2.72. The average Bonchev–Trinajstić information content (AvgIpc) is 1.97. The maximum atomic E-state index is 12.9. The number of hydrogen-bond donors (Lipinski definition) is 0. The zero-order chi connectivity index (χ0) is 9.30. The predicted molar refractivity (Wildman–Crippen MR) is 43.2 cm³/mol. The lowest BCUT2D eigenvalue weighted by Gasteiger charge is -2.00. The molecule has 1 aromatic carbocycles. The van der Waals surface area contributed by atoms with E-state index in [1.165, 1.54) is 19.1 Å². The molecule has 0 N–H and O–H groups in total. The smallest absolute Gasteiger partial charge is 0.258 e. The lowest BCUT2D eigenvalue weighted by Crippen LogP contribution is -2.11. The summed E-state index contributed by atoms with van der Waals surface area (Å²) in [5, 5.41) is 10.3. The minimum Gasteiger partial charge on any atom is -0.258 e. The van der Waals surface area contributed by atoms with Crippen molar-refractivity contribution in [2.75, 3.05) is 0 Å². The zero-order valence-corrected chi connectivity index (χ0v) is 6.37. The van der Waals surface area contributed by atoms with Gasteiger partial charge in [-0.3, -0.25) is 10.1 Å². The number of nitro benzene ring substituents is 1. The quantitative estimate of drug-likeness (QED) is 0.351. The van der Waals surface area contributed by atoms with E-state index in [9.17, 15) is 14.5 Å². The number of benzene rings is 1. The number of rotatable bonds is 1. The van der Waals surface area contributed by atoms with Crippen LogP contribution in [0, 0.1) is 22.9 Å². The molecule has 3 nitrogen and oxygen atoms in total. The minimum atomic E-state index is -0.958. The first-order chi connectivity index (χ1) is 5.54.